The molecule has 1 saturated heterocycles. The molecule has 2 N–H and O–H groups in total. The maximum absolute atomic E-state index is 12.8. The molecule has 154 valence electrons. The highest BCUT2D eigenvalue weighted by molar-refractivity contribution is 7.89. The Bertz CT molecular complexity index is 984. The summed E-state index contributed by atoms with van der Waals surface area (Å²) in [6.07, 6.45) is 3.88. The van der Waals surface area contributed by atoms with Gasteiger partial charge in [0.1, 0.15) is 0 Å². The van der Waals surface area contributed by atoms with Crippen molar-refractivity contribution in [1.29, 1.82) is 0 Å². The van der Waals surface area contributed by atoms with Crippen LogP contribution in [0.3, 0.4) is 0 Å². The van der Waals surface area contributed by atoms with Crippen molar-refractivity contribution in [2.24, 2.45) is 11.1 Å². The van der Waals surface area contributed by atoms with E-state index in [2.05, 4.69) is 24.3 Å². The van der Waals surface area contributed by atoms with Gasteiger partial charge in [-0.25, -0.2) is 13.6 Å². The van der Waals surface area contributed by atoms with Gasteiger partial charge in [0.25, 0.3) is 0 Å². The molecule has 2 aliphatic rings. The minimum absolute atomic E-state index is 0.130. The van der Waals surface area contributed by atoms with Gasteiger partial charge in [-0.05, 0) is 60.9 Å². The molecule has 6 nitrogen and oxygen atoms in total. The van der Waals surface area contributed by atoms with Gasteiger partial charge < -0.3 is 9.80 Å². The number of nitrogens with zero attached hydrogens (tertiary/aromatic N) is 2. The van der Waals surface area contributed by atoms with E-state index >= 15 is 0 Å². The Balaban J connectivity index is 1.32. The maximum atomic E-state index is 12.8. The minimum Gasteiger partial charge on any atom is -0.362 e. The molecule has 29 heavy (non-hydrogen) atoms. The number of likely N-dealkylation sites (tertiary alicyclic amines) is 1. The number of benzene rings is 2. The molecule has 7 heteroatoms. The maximum Gasteiger partial charge on any atom is 0.242 e. The van der Waals surface area contributed by atoms with Crippen LogP contribution in [0.2, 0.25) is 0 Å². The molecule has 1 amide bonds. The first-order valence-electron chi connectivity index (χ1n) is 10.1. The Morgan fingerprint density at radius 1 is 1.03 bits per heavy atom. The quantitative estimate of drug-likeness (QED) is 0.814. The van der Waals surface area contributed by atoms with Gasteiger partial charge in [0.2, 0.25) is 15.9 Å². The number of piperidine rings is 1. The molecular formula is C22H27N3O3S. The van der Waals surface area contributed by atoms with Crippen molar-refractivity contribution in [2.45, 2.75) is 30.6 Å². The lowest BCUT2D eigenvalue weighted by Crippen LogP contribution is -2.44. The van der Waals surface area contributed by atoms with Gasteiger partial charge in [0, 0.05) is 25.3 Å². The standard InChI is InChI=1S/C22H27N3O3S/c23-29(27,28)20-6-7-21-19(15-20)10-13-25(21)16-22(26)24-11-8-18(9-12-24)14-17-4-2-1-3-5-17/h1-7,15,18H,8-14,16H2,(H2,23,27,28). The van der Waals surface area contributed by atoms with Crippen LogP contribution in [0.1, 0.15) is 24.0 Å². The number of carbonyl (C=O) groups is 1. The molecule has 0 saturated carbocycles. The number of carbonyl (C=O) groups excluding carboxylic acids is 1. The molecule has 2 aliphatic heterocycles. The van der Waals surface area contributed by atoms with Gasteiger partial charge >= 0.3 is 0 Å². The Labute approximate surface area is 172 Å². The van der Waals surface area contributed by atoms with Crippen LogP contribution in [0.5, 0.6) is 0 Å². The van der Waals surface area contributed by atoms with Crippen molar-refractivity contribution in [3.8, 4) is 0 Å². The summed E-state index contributed by atoms with van der Waals surface area (Å²) < 4.78 is 23.1. The van der Waals surface area contributed by atoms with E-state index in [1.54, 1.807) is 12.1 Å². The number of anilines is 1. The lowest BCUT2D eigenvalue weighted by Gasteiger charge is -2.33. The fourth-order valence-electron chi connectivity index (χ4n) is 4.38. The van der Waals surface area contributed by atoms with Gasteiger partial charge in [0.05, 0.1) is 11.4 Å². The van der Waals surface area contributed by atoms with Crippen LogP contribution in [-0.4, -0.2) is 45.4 Å². The number of fused-ring (bicyclic) bond motifs is 1. The number of sulfonamides is 1. The molecule has 2 aromatic carbocycles. The van der Waals surface area contributed by atoms with E-state index in [0.29, 0.717) is 12.5 Å². The average molecular weight is 414 g/mol. The number of rotatable bonds is 5. The fourth-order valence-corrected chi connectivity index (χ4v) is 4.95. The SMILES string of the molecule is NS(=O)(=O)c1ccc2c(c1)CCN2CC(=O)N1CCC(Cc2ccccc2)CC1. The summed E-state index contributed by atoms with van der Waals surface area (Å²) in [5, 5.41) is 5.22. The van der Waals surface area contributed by atoms with E-state index in [1.165, 1.54) is 11.6 Å². The molecule has 0 radical (unpaired) electrons. The van der Waals surface area contributed by atoms with Gasteiger partial charge in [-0.3, -0.25) is 4.79 Å². The van der Waals surface area contributed by atoms with E-state index in [4.69, 9.17) is 5.14 Å². The number of primary sulfonamides is 1. The average Bonchev–Trinajstić information content (AvgIpc) is 3.11. The molecule has 0 bridgehead atoms. The van der Waals surface area contributed by atoms with E-state index in [9.17, 15) is 13.2 Å². The summed E-state index contributed by atoms with van der Waals surface area (Å²) in [5.74, 6) is 0.775. The van der Waals surface area contributed by atoms with Crippen LogP contribution in [0.15, 0.2) is 53.4 Å². The molecule has 0 aliphatic carbocycles. The normalized spacial score (nSPS) is 17.4. The zero-order chi connectivity index (χ0) is 20.4. The number of hydrogen-bond donors (Lipinski definition) is 1. The fraction of sp³-hybridized carbons (Fsp3) is 0.409. The van der Waals surface area contributed by atoms with Crippen molar-refractivity contribution < 1.29 is 13.2 Å². The second-order valence-corrected chi connectivity index (χ2v) is 9.58. The summed E-state index contributed by atoms with van der Waals surface area (Å²) >= 11 is 0. The predicted molar refractivity (Wildman–Crippen MR) is 113 cm³/mol. The second kappa shape index (κ2) is 8.16. The Morgan fingerprint density at radius 3 is 2.45 bits per heavy atom. The monoisotopic (exact) mass is 413 g/mol. The van der Waals surface area contributed by atoms with Gasteiger partial charge in [-0.1, -0.05) is 30.3 Å². The Hall–Kier alpha value is -2.38. The summed E-state index contributed by atoms with van der Waals surface area (Å²) in [4.78, 5) is 17.0. The smallest absolute Gasteiger partial charge is 0.242 e. The third-order valence-corrected chi connectivity index (χ3v) is 6.94. The lowest BCUT2D eigenvalue weighted by atomic mass is 9.90. The molecule has 1 fully saturated rings. The van der Waals surface area contributed by atoms with Crippen molar-refractivity contribution in [3.05, 3.63) is 59.7 Å². The van der Waals surface area contributed by atoms with Crippen LogP contribution in [0.25, 0.3) is 0 Å². The summed E-state index contributed by atoms with van der Waals surface area (Å²) in [6, 6.07) is 15.4. The summed E-state index contributed by atoms with van der Waals surface area (Å²) in [5.41, 5.74) is 3.24. The van der Waals surface area contributed by atoms with E-state index in [-0.39, 0.29) is 10.8 Å². The molecule has 0 spiro atoms. The largest absolute Gasteiger partial charge is 0.362 e. The van der Waals surface area contributed by atoms with Gasteiger partial charge in [-0.2, -0.15) is 0 Å². The van der Waals surface area contributed by atoms with E-state index in [1.807, 2.05) is 15.9 Å². The topological polar surface area (TPSA) is 83.7 Å². The van der Waals surface area contributed by atoms with Crippen molar-refractivity contribution in [1.82, 2.24) is 4.90 Å². The summed E-state index contributed by atoms with van der Waals surface area (Å²) in [7, 11) is -3.70. The van der Waals surface area contributed by atoms with Crippen molar-refractivity contribution >= 4 is 21.6 Å². The van der Waals surface area contributed by atoms with Crippen LogP contribution in [-0.2, 0) is 27.7 Å². The highest BCUT2D eigenvalue weighted by atomic mass is 32.2. The second-order valence-electron chi connectivity index (χ2n) is 8.02. The first-order valence-corrected chi connectivity index (χ1v) is 11.7. The first-order chi connectivity index (χ1) is 13.9. The van der Waals surface area contributed by atoms with E-state index < -0.39 is 10.0 Å². The molecule has 0 unspecified atom stereocenters. The molecule has 4 rings (SSSR count). The highest BCUT2D eigenvalue weighted by Gasteiger charge is 2.27. The van der Waals surface area contributed by atoms with Crippen LogP contribution in [0.4, 0.5) is 5.69 Å². The van der Waals surface area contributed by atoms with Crippen molar-refractivity contribution in [3.63, 3.8) is 0 Å². The zero-order valence-corrected chi connectivity index (χ0v) is 17.3. The van der Waals surface area contributed by atoms with Crippen LogP contribution >= 0.6 is 0 Å². The Morgan fingerprint density at radius 2 is 1.76 bits per heavy atom. The minimum atomic E-state index is -3.70. The molecule has 2 aromatic rings. The molecule has 0 atom stereocenters. The number of amides is 1. The van der Waals surface area contributed by atoms with Crippen molar-refractivity contribution in [2.75, 3.05) is 31.1 Å². The zero-order valence-electron chi connectivity index (χ0n) is 16.5. The van der Waals surface area contributed by atoms with Gasteiger partial charge in [0.15, 0.2) is 0 Å². The van der Waals surface area contributed by atoms with Crippen LogP contribution in [0, 0.1) is 5.92 Å². The molecule has 2 heterocycles. The third kappa shape index (κ3) is 4.62. The lowest BCUT2D eigenvalue weighted by molar-refractivity contribution is -0.131. The Kier molecular flexibility index (Phi) is 5.61. The highest BCUT2D eigenvalue weighted by Crippen LogP contribution is 2.30. The number of hydrogen-bond acceptors (Lipinski definition) is 4. The van der Waals surface area contributed by atoms with Crippen LogP contribution < -0.4 is 10.0 Å². The predicted octanol–water partition coefficient (Wildman–Crippen LogP) is 2.18. The number of nitrogens with two attached hydrogens (primary N) is 1. The summed E-state index contributed by atoms with van der Waals surface area (Å²) in [6.45, 7) is 2.67. The van der Waals surface area contributed by atoms with E-state index in [0.717, 1.165) is 56.6 Å². The molecule has 0 aromatic heterocycles. The van der Waals surface area contributed by atoms with Gasteiger partial charge in [-0.15, -0.1) is 0 Å². The molecular weight excluding hydrogens is 386 g/mol. The first kappa shape index (κ1) is 19.9. The third-order valence-electron chi connectivity index (χ3n) is 6.03.